The summed E-state index contributed by atoms with van der Waals surface area (Å²) in [5, 5.41) is 3.30. The molecule has 0 saturated carbocycles. The average molecular weight is 318 g/mol. The molecular formula is C13H16ClNO4S. The summed E-state index contributed by atoms with van der Waals surface area (Å²) in [5.74, 6) is 0.384. The lowest BCUT2D eigenvalue weighted by Gasteiger charge is -2.12. The molecule has 1 aromatic carbocycles. The first-order valence-electron chi connectivity index (χ1n) is 6.24. The van der Waals surface area contributed by atoms with E-state index in [1.165, 1.54) is 0 Å². The molecule has 1 aromatic rings. The summed E-state index contributed by atoms with van der Waals surface area (Å²) in [6.07, 6.45) is 0.466. The summed E-state index contributed by atoms with van der Waals surface area (Å²) >= 11 is 5.89. The van der Waals surface area contributed by atoms with E-state index in [0.29, 0.717) is 17.2 Å². The normalized spacial score (nSPS) is 20.6. The van der Waals surface area contributed by atoms with E-state index in [9.17, 15) is 13.2 Å². The first kappa shape index (κ1) is 15.1. The van der Waals surface area contributed by atoms with Gasteiger partial charge in [-0.25, -0.2) is 8.42 Å². The van der Waals surface area contributed by atoms with Gasteiger partial charge in [-0.2, -0.15) is 0 Å². The van der Waals surface area contributed by atoms with Crippen LogP contribution in [0, 0.1) is 6.92 Å². The van der Waals surface area contributed by atoms with Gasteiger partial charge in [-0.05, 0) is 37.1 Å². The molecule has 5 nitrogen and oxygen atoms in total. The van der Waals surface area contributed by atoms with Gasteiger partial charge in [0.2, 0.25) is 0 Å². The topological polar surface area (TPSA) is 72.5 Å². The first-order valence-corrected chi connectivity index (χ1v) is 8.44. The maximum atomic E-state index is 11.7. The second-order valence-electron chi connectivity index (χ2n) is 4.87. The minimum Gasteiger partial charge on any atom is -0.484 e. The molecule has 7 heteroatoms. The number of carbonyl (C=O) groups excluding carboxylic acids is 1. The van der Waals surface area contributed by atoms with Crippen LogP contribution in [-0.4, -0.2) is 38.5 Å². The molecule has 0 aliphatic carbocycles. The van der Waals surface area contributed by atoms with Crippen molar-refractivity contribution in [2.75, 3.05) is 18.1 Å². The Kier molecular flexibility index (Phi) is 4.55. The smallest absolute Gasteiger partial charge is 0.258 e. The number of ether oxygens (including phenoxy) is 1. The van der Waals surface area contributed by atoms with E-state index in [-0.39, 0.29) is 30.1 Å². The fourth-order valence-corrected chi connectivity index (χ4v) is 3.82. The van der Waals surface area contributed by atoms with Crippen molar-refractivity contribution >= 4 is 27.3 Å². The van der Waals surface area contributed by atoms with Gasteiger partial charge in [-0.15, -0.1) is 0 Å². The molecule has 1 fully saturated rings. The Morgan fingerprint density at radius 3 is 2.85 bits per heavy atom. The zero-order valence-corrected chi connectivity index (χ0v) is 12.6. The van der Waals surface area contributed by atoms with Crippen molar-refractivity contribution in [3.63, 3.8) is 0 Å². The van der Waals surface area contributed by atoms with Crippen LogP contribution in [0.15, 0.2) is 18.2 Å². The number of benzene rings is 1. The summed E-state index contributed by atoms with van der Waals surface area (Å²) in [6.45, 7) is 1.70. The maximum Gasteiger partial charge on any atom is 0.258 e. The van der Waals surface area contributed by atoms with Crippen LogP contribution in [0.2, 0.25) is 5.02 Å². The fraction of sp³-hybridized carbons (Fsp3) is 0.462. The molecule has 1 amide bonds. The van der Waals surface area contributed by atoms with E-state index < -0.39 is 9.84 Å². The van der Waals surface area contributed by atoms with E-state index >= 15 is 0 Å². The lowest BCUT2D eigenvalue weighted by Crippen LogP contribution is -2.38. The maximum absolute atomic E-state index is 11.7. The zero-order valence-electron chi connectivity index (χ0n) is 11.1. The molecule has 20 heavy (non-hydrogen) atoms. The number of aryl methyl sites for hydroxylation is 1. The van der Waals surface area contributed by atoms with Crippen LogP contribution in [0.5, 0.6) is 5.75 Å². The predicted octanol–water partition coefficient (Wildman–Crippen LogP) is 1.33. The fourth-order valence-electron chi connectivity index (χ4n) is 2.03. The Labute approximate surface area is 123 Å². The van der Waals surface area contributed by atoms with Crippen molar-refractivity contribution < 1.29 is 17.9 Å². The standard InChI is InChI=1S/C13H16ClNO4S/c1-9-6-11(2-3-12(9)14)19-7-13(16)15-10-4-5-20(17,18)8-10/h2-3,6,10H,4-5,7-8H2,1H3,(H,15,16)/t10-/m1/s1. The molecule has 1 atom stereocenters. The summed E-state index contributed by atoms with van der Waals surface area (Å²) in [7, 11) is -2.99. The summed E-state index contributed by atoms with van der Waals surface area (Å²) in [6, 6.07) is 4.83. The number of sulfone groups is 1. The highest BCUT2D eigenvalue weighted by atomic mass is 35.5. The zero-order chi connectivity index (χ0) is 14.8. The lowest BCUT2D eigenvalue weighted by atomic mass is 10.2. The van der Waals surface area contributed by atoms with Crippen LogP contribution in [0.4, 0.5) is 0 Å². The number of carbonyl (C=O) groups is 1. The van der Waals surface area contributed by atoms with Gasteiger partial charge in [0.15, 0.2) is 16.4 Å². The van der Waals surface area contributed by atoms with Crippen LogP contribution in [0.3, 0.4) is 0 Å². The SMILES string of the molecule is Cc1cc(OCC(=O)N[C@@H]2CCS(=O)(=O)C2)ccc1Cl. The molecule has 1 heterocycles. The van der Waals surface area contributed by atoms with E-state index in [4.69, 9.17) is 16.3 Å². The highest BCUT2D eigenvalue weighted by molar-refractivity contribution is 7.91. The van der Waals surface area contributed by atoms with Gasteiger partial charge in [-0.3, -0.25) is 4.79 Å². The van der Waals surface area contributed by atoms with Crippen molar-refractivity contribution in [1.29, 1.82) is 0 Å². The number of halogens is 1. The summed E-state index contributed by atoms with van der Waals surface area (Å²) in [5.41, 5.74) is 0.867. The molecule has 0 radical (unpaired) electrons. The third-order valence-electron chi connectivity index (χ3n) is 3.10. The quantitative estimate of drug-likeness (QED) is 0.909. The van der Waals surface area contributed by atoms with Crippen molar-refractivity contribution in [1.82, 2.24) is 5.32 Å². The Balaban J connectivity index is 1.82. The molecule has 1 aliphatic rings. The van der Waals surface area contributed by atoms with Crippen molar-refractivity contribution in [3.05, 3.63) is 28.8 Å². The number of rotatable bonds is 4. The van der Waals surface area contributed by atoms with E-state index in [1.807, 2.05) is 6.92 Å². The molecule has 0 spiro atoms. The summed E-state index contributed by atoms with van der Waals surface area (Å²) < 4.78 is 27.9. The highest BCUT2D eigenvalue weighted by Gasteiger charge is 2.28. The Morgan fingerprint density at radius 1 is 1.50 bits per heavy atom. The van der Waals surface area contributed by atoms with Crippen LogP contribution >= 0.6 is 11.6 Å². The van der Waals surface area contributed by atoms with E-state index in [2.05, 4.69) is 5.32 Å². The van der Waals surface area contributed by atoms with E-state index in [1.54, 1.807) is 18.2 Å². The highest BCUT2D eigenvalue weighted by Crippen LogP contribution is 2.20. The van der Waals surface area contributed by atoms with Gasteiger partial charge in [-0.1, -0.05) is 11.6 Å². The van der Waals surface area contributed by atoms with Crippen LogP contribution in [-0.2, 0) is 14.6 Å². The van der Waals surface area contributed by atoms with Gasteiger partial charge in [0, 0.05) is 11.1 Å². The number of nitrogens with one attached hydrogen (secondary N) is 1. The average Bonchev–Trinajstić information content (AvgIpc) is 2.70. The van der Waals surface area contributed by atoms with Crippen LogP contribution in [0.1, 0.15) is 12.0 Å². The predicted molar refractivity (Wildman–Crippen MR) is 76.9 cm³/mol. The lowest BCUT2D eigenvalue weighted by molar-refractivity contribution is -0.123. The van der Waals surface area contributed by atoms with Gasteiger partial charge in [0.05, 0.1) is 11.5 Å². The minimum absolute atomic E-state index is 0.0127. The minimum atomic E-state index is -2.99. The van der Waals surface area contributed by atoms with Crippen molar-refractivity contribution in [3.8, 4) is 5.75 Å². The van der Waals surface area contributed by atoms with Crippen LogP contribution in [0.25, 0.3) is 0 Å². The van der Waals surface area contributed by atoms with E-state index in [0.717, 1.165) is 5.56 Å². The molecule has 1 saturated heterocycles. The first-order chi connectivity index (χ1) is 9.35. The monoisotopic (exact) mass is 317 g/mol. The van der Waals surface area contributed by atoms with Gasteiger partial charge >= 0.3 is 0 Å². The molecule has 110 valence electrons. The third-order valence-corrected chi connectivity index (χ3v) is 5.29. The van der Waals surface area contributed by atoms with Gasteiger partial charge < -0.3 is 10.1 Å². The molecule has 1 aliphatic heterocycles. The third kappa shape index (κ3) is 4.11. The van der Waals surface area contributed by atoms with Crippen molar-refractivity contribution in [2.24, 2.45) is 0 Å². The molecule has 0 aromatic heterocycles. The Morgan fingerprint density at radius 2 is 2.25 bits per heavy atom. The van der Waals surface area contributed by atoms with Gasteiger partial charge in [0.1, 0.15) is 5.75 Å². The Hall–Kier alpha value is -1.27. The second-order valence-corrected chi connectivity index (χ2v) is 7.50. The molecular weight excluding hydrogens is 302 g/mol. The number of hydrogen-bond acceptors (Lipinski definition) is 4. The molecule has 0 unspecified atom stereocenters. The largest absolute Gasteiger partial charge is 0.484 e. The molecule has 0 bridgehead atoms. The van der Waals surface area contributed by atoms with Crippen LogP contribution < -0.4 is 10.1 Å². The molecule has 1 N–H and O–H groups in total. The second kappa shape index (κ2) is 6.01. The Bertz CT molecular complexity index is 615. The number of amides is 1. The van der Waals surface area contributed by atoms with Gasteiger partial charge in [0.25, 0.3) is 5.91 Å². The number of hydrogen-bond donors (Lipinski definition) is 1. The molecule has 2 rings (SSSR count). The van der Waals surface area contributed by atoms with Crippen molar-refractivity contribution in [2.45, 2.75) is 19.4 Å². The summed E-state index contributed by atoms with van der Waals surface area (Å²) in [4.78, 5) is 11.7.